The summed E-state index contributed by atoms with van der Waals surface area (Å²) in [5.74, 6) is -0.128. The Bertz CT molecular complexity index is 549. The van der Waals surface area contributed by atoms with Crippen molar-refractivity contribution in [1.29, 1.82) is 0 Å². The summed E-state index contributed by atoms with van der Waals surface area (Å²) in [5, 5.41) is 4.96. The van der Waals surface area contributed by atoms with Crippen molar-refractivity contribution < 1.29 is 4.79 Å². The van der Waals surface area contributed by atoms with Crippen LogP contribution < -0.4 is 11.1 Å². The van der Waals surface area contributed by atoms with Crippen LogP contribution in [0, 0.1) is 6.92 Å². The predicted molar refractivity (Wildman–Crippen MR) is 75.8 cm³/mol. The highest BCUT2D eigenvalue weighted by molar-refractivity contribution is 7.10. The minimum atomic E-state index is -0.128. The van der Waals surface area contributed by atoms with Crippen molar-refractivity contribution in [3.63, 3.8) is 0 Å². The molecule has 1 atom stereocenters. The molecule has 0 spiro atoms. The van der Waals surface area contributed by atoms with Gasteiger partial charge in [-0.2, -0.15) is 0 Å². The van der Waals surface area contributed by atoms with E-state index >= 15 is 0 Å². The van der Waals surface area contributed by atoms with Crippen molar-refractivity contribution in [2.75, 3.05) is 5.73 Å². The van der Waals surface area contributed by atoms with Crippen LogP contribution in [0.3, 0.4) is 0 Å². The first kappa shape index (κ1) is 12.6. The highest BCUT2D eigenvalue weighted by Crippen LogP contribution is 2.20. The van der Waals surface area contributed by atoms with Crippen molar-refractivity contribution in [3.05, 3.63) is 51.7 Å². The van der Waals surface area contributed by atoms with Gasteiger partial charge in [-0.3, -0.25) is 4.79 Å². The van der Waals surface area contributed by atoms with Gasteiger partial charge in [-0.15, -0.1) is 11.3 Å². The highest BCUT2D eigenvalue weighted by Gasteiger charge is 2.14. The smallest absolute Gasteiger partial charge is 0.253 e. The molecule has 0 aliphatic rings. The Morgan fingerprint density at radius 1 is 1.39 bits per heavy atom. The fourth-order valence-corrected chi connectivity index (χ4v) is 2.48. The second-order valence-corrected chi connectivity index (χ2v) is 5.28. The van der Waals surface area contributed by atoms with E-state index in [1.54, 1.807) is 17.4 Å². The van der Waals surface area contributed by atoms with Gasteiger partial charge >= 0.3 is 0 Å². The molecule has 3 nitrogen and oxygen atoms in total. The van der Waals surface area contributed by atoms with E-state index in [4.69, 9.17) is 5.73 Å². The molecule has 1 unspecified atom stereocenters. The lowest BCUT2D eigenvalue weighted by atomic mass is 10.1. The minimum absolute atomic E-state index is 0.00240. The van der Waals surface area contributed by atoms with Gasteiger partial charge in [-0.1, -0.05) is 17.7 Å². The number of anilines is 1. The van der Waals surface area contributed by atoms with Gasteiger partial charge in [0.1, 0.15) is 0 Å². The summed E-state index contributed by atoms with van der Waals surface area (Å²) in [7, 11) is 0. The van der Waals surface area contributed by atoms with E-state index < -0.39 is 0 Å². The van der Waals surface area contributed by atoms with Crippen LogP contribution in [0.5, 0.6) is 0 Å². The second kappa shape index (κ2) is 5.23. The maximum atomic E-state index is 12.1. The monoisotopic (exact) mass is 260 g/mol. The van der Waals surface area contributed by atoms with E-state index in [2.05, 4.69) is 5.32 Å². The van der Waals surface area contributed by atoms with Gasteiger partial charge in [-0.25, -0.2) is 0 Å². The largest absolute Gasteiger partial charge is 0.398 e. The third-order valence-electron chi connectivity index (χ3n) is 2.77. The Morgan fingerprint density at radius 3 is 2.83 bits per heavy atom. The highest BCUT2D eigenvalue weighted by atomic mass is 32.1. The van der Waals surface area contributed by atoms with E-state index in [1.807, 2.05) is 43.5 Å². The summed E-state index contributed by atoms with van der Waals surface area (Å²) in [6, 6.07) is 9.46. The number of carbonyl (C=O) groups excluding carboxylic acids is 1. The molecule has 0 saturated carbocycles. The van der Waals surface area contributed by atoms with Gasteiger partial charge in [-0.05, 0) is 37.4 Å². The number of hydrogen-bond donors (Lipinski definition) is 2. The second-order valence-electron chi connectivity index (χ2n) is 4.30. The lowest BCUT2D eigenvalue weighted by Gasteiger charge is -2.13. The first-order chi connectivity index (χ1) is 8.58. The van der Waals surface area contributed by atoms with Crippen molar-refractivity contribution in [2.24, 2.45) is 0 Å². The molecule has 1 aromatic carbocycles. The Balaban J connectivity index is 2.15. The number of nitrogens with one attached hydrogen (secondary N) is 1. The Kier molecular flexibility index (Phi) is 3.67. The maximum Gasteiger partial charge on any atom is 0.253 e. The zero-order chi connectivity index (χ0) is 13.1. The van der Waals surface area contributed by atoms with E-state index in [0.717, 1.165) is 10.4 Å². The van der Waals surface area contributed by atoms with Crippen molar-refractivity contribution in [3.8, 4) is 0 Å². The average molecular weight is 260 g/mol. The molecule has 0 radical (unpaired) electrons. The number of benzene rings is 1. The number of aryl methyl sites for hydroxylation is 1. The topological polar surface area (TPSA) is 55.1 Å². The standard InChI is InChI=1S/C14H16N2OS/c1-9-5-6-12(15)11(8-9)14(17)16-10(2)13-4-3-7-18-13/h3-8,10H,15H2,1-2H3,(H,16,17). The third kappa shape index (κ3) is 2.71. The van der Waals surface area contributed by atoms with E-state index in [0.29, 0.717) is 11.3 Å². The van der Waals surface area contributed by atoms with Crippen LogP contribution in [0.1, 0.15) is 33.8 Å². The van der Waals surface area contributed by atoms with Gasteiger partial charge in [0.05, 0.1) is 11.6 Å². The molecule has 0 aliphatic carbocycles. The van der Waals surface area contributed by atoms with Gasteiger partial charge in [0.2, 0.25) is 0 Å². The molecule has 2 rings (SSSR count). The molecule has 1 heterocycles. The fourth-order valence-electron chi connectivity index (χ4n) is 1.75. The lowest BCUT2D eigenvalue weighted by Crippen LogP contribution is -2.26. The summed E-state index contributed by atoms with van der Waals surface area (Å²) < 4.78 is 0. The average Bonchev–Trinajstić information content (AvgIpc) is 2.85. The van der Waals surface area contributed by atoms with Gasteiger partial charge in [0.15, 0.2) is 0 Å². The SMILES string of the molecule is Cc1ccc(N)c(C(=O)NC(C)c2cccs2)c1. The quantitative estimate of drug-likeness (QED) is 0.833. The number of amides is 1. The van der Waals surface area contributed by atoms with Crippen LogP contribution >= 0.6 is 11.3 Å². The zero-order valence-corrected chi connectivity index (χ0v) is 11.3. The summed E-state index contributed by atoms with van der Waals surface area (Å²) >= 11 is 1.63. The number of rotatable bonds is 3. The zero-order valence-electron chi connectivity index (χ0n) is 10.4. The van der Waals surface area contributed by atoms with E-state index in [9.17, 15) is 4.79 Å². The van der Waals surface area contributed by atoms with Gasteiger partial charge < -0.3 is 11.1 Å². The number of carbonyl (C=O) groups is 1. The molecule has 0 fully saturated rings. The Labute approximate surface area is 111 Å². The predicted octanol–water partition coefficient (Wildman–Crippen LogP) is 3.13. The minimum Gasteiger partial charge on any atom is -0.398 e. The van der Waals surface area contributed by atoms with Crippen molar-refractivity contribution in [2.45, 2.75) is 19.9 Å². The molecule has 4 heteroatoms. The number of nitrogens with two attached hydrogens (primary N) is 1. The van der Waals surface area contributed by atoms with Crippen LogP contribution in [0.15, 0.2) is 35.7 Å². The van der Waals surface area contributed by atoms with Crippen LogP contribution in [0.4, 0.5) is 5.69 Å². The molecule has 0 aliphatic heterocycles. The molecule has 1 amide bonds. The maximum absolute atomic E-state index is 12.1. The van der Waals surface area contributed by atoms with Crippen molar-refractivity contribution >= 4 is 22.9 Å². The van der Waals surface area contributed by atoms with Crippen LogP contribution in [0.2, 0.25) is 0 Å². The van der Waals surface area contributed by atoms with Gasteiger partial charge in [0.25, 0.3) is 5.91 Å². The first-order valence-corrected chi connectivity index (χ1v) is 6.66. The molecule has 0 saturated heterocycles. The molecule has 3 N–H and O–H groups in total. The van der Waals surface area contributed by atoms with Gasteiger partial charge in [0, 0.05) is 10.6 Å². The molecule has 18 heavy (non-hydrogen) atoms. The van der Waals surface area contributed by atoms with E-state index in [1.165, 1.54) is 0 Å². The summed E-state index contributed by atoms with van der Waals surface area (Å²) in [6.45, 7) is 3.91. The Morgan fingerprint density at radius 2 is 2.17 bits per heavy atom. The van der Waals surface area contributed by atoms with E-state index in [-0.39, 0.29) is 11.9 Å². The lowest BCUT2D eigenvalue weighted by molar-refractivity contribution is 0.0941. The first-order valence-electron chi connectivity index (χ1n) is 5.78. The molecular formula is C14H16N2OS. The summed E-state index contributed by atoms with van der Waals surface area (Å²) in [4.78, 5) is 13.3. The molecular weight excluding hydrogens is 244 g/mol. The number of hydrogen-bond acceptors (Lipinski definition) is 3. The fraction of sp³-hybridized carbons (Fsp3) is 0.214. The summed E-state index contributed by atoms with van der Waals surface area (Å²) in [6.07, 6.45) is 0. The van der Waals surface area contributed by atoms with Crippen LogP contribution in [0.25, 0.3) is 0 Å². The van der Waals surface area contributed by atoms with Crippen molar-refractivity contribution in [1.82, 2.24) is 5.32 Å². The molecule has 2 aromatic rings. The molecule has 0 bridgehead atoms. The third-order valence-corrected chi connectivity index (χ3v) is 3.83. The summed E-state index contributed by atoms with van der Waals surface area (Å²) in [5.41, 5.74) is 7.90. The number of nitrogen functional groups attached to an aromatic ring is 1. The van der Waals surface area contributed by atoms with Crippen LogP contribution in [-0.2, 0) is 0 Å². The van der Waals surface area contributed by atoms with Crippen LogP contribution in [-0.4, -0.2) is 5.91 Å². The normalized spacial score (nSPS) is 12.1. The Hall–Kier alpha value is -1.81. The number of thiophene rings is 1. The molecule has 1 aromatic heterocycles. The molecule has 94 valence electrons.